The number of phenols is 1. The van der Waals surface area contributed by atoms with Crippen LogP contribution in [-0.2, 0) is 4.79 Å². The normalized spacial score (nSPS) is 24.2. The molecule has 2 aliphatic heterocycles. The molecule has 0 radical (unpaired) electrons. The second-order valence-electron chi connectivity index (χ2n) is 8.33. The Morgan fingerprint density at radius 3 is 2.41 bits per heavy atom. The third-order valence-electron chi connectivity index (χ3n) is 6.06. The first-order chi connectivity index (χ1) is 12.3. The number of halogens is 1. The quantitative estimate of drug-likeness (QED) is 0.816. The molecule has 2 fully saturated rings. The van der Waals surface area contributed by atoms with Crippen LogP contribution >= 0.6 is 12.4 Å². The van der Waals surface area contributed by atoms with Crippen LogP contribution in [0.5, 0.6) is 5.75 Å². The molecule has 1 amide bonds. The van der Waals surface area contributed by atoms with Crippen molar-refractivity contribution in [1.29, 1.82) is 0 Å². The number of piperidine rings is 1. The number of piperazine rings is 1. The van der Waals surface area contributed by atoms with E-state index in [-0.39, 0.29) is 35.8 Å². The topological polar surface area (TPSA) is 73.0 Å². The molecule has 0 spiro atoms. The molecule has 0 aromatic heterocycles. The first-order valence-corrected chi connectivity index (χ1v) is 9.61. The smallest absolute Gasteiger partial charge is 0.239 e. The van der Waals surface area contributed by atoms with Crippen molar-refractivity contribution in [3.63, 3.8) is 0 Å². The van der Waals surface area contributed by atoms with Crippen LogP contribution in [0.25, 0.3) is 0 Å². The molecule has 7 heteroatoms. The SMILES string of the molecule is CC(C(=O)N1CCN(c2ccccc2O)CC1)N1CCC(N)C(C)(C)C1.Cl. The highest BCUT2D eigenvalue weighted by atomic mass is 35.5. The fourth-order valence-corrected chi connectivity index (χ4v) is 4.07. The number of carbonyl (C=O) groups excluding carboxylic acids is 1. The van der Waals surface area contributed by atoms with Gasteiger partial charge in [0, 0.05) is 45.3 Å². The predicted molar refractivity (Wildman–Crippen MR) is 112 cm³/mol. The number of hydrogen-bond acceptors (Lipinski definition) is 5. The van der Waals surface area contributed by atoms with Gasteiger partial charge in [-0.3, -0.25) is 9.69 Å². The standard InChI is InChI=1S/C20H32N4O2.ClH/c1-15(24-9-8-18(21)20(2,3)14-24)19(26)23-12-10-22(11-13-23)16-6-4-5-7-17(16)25;/h4-7,15,18,25H,8-14,21H2,1-3H3;1H. The molecule has 0 aliphatic carbocycles. The summed E-state index contributed by atoms with van der Waals surface area (Å²) < 4.78 is 0. The van der Waals surface area contributed by atoms with Crippen LogP contribution in [0.4, 0.5) is 5.69 Å². The first kappa shape index (κ1) is 21.8. The summed E-state index contributed by atoms with van der Waals surface area (Å²) in [5.41, 5.74) is 7.11. The van der Waals surface area contributed by atoms with E-state index in [1.165, 1.54) is 0 Å². The molecule has 1 aromatic carbocycles. The van der Waals surface area contributed by atoms with Gasteiger partial charge >= 0.3 is 0 Å². The minimum absolute atomic E-state index is 0. The molecule has 27 heavy (non-hydrogen) atoms. The third kappa shape index (κ3) is 4.68. The summed E-state index contributed by atoms with van der Waals surface area (Å²) in [5, 5.41) is 10.0. The lowest BCUT2D eigenvalue weighted by Gasteiger charge is -2.46. The Bertz CT molecular complexity index is 647. The minimum atomic E-state index is -0.113. The van der Waals surface area contributed by atoms with E-state index in [9.17, 15) is 9.90 Å². The summed E-state index contributed by atoms with van der Waals surface area (Å²) in [5.74, 6) is 0.501. The van der Waals surface area contributed by atoms with E-state index in [0.717, 1.165) is 38.3 Å². The zero-order chi connectivity index (χ0) is 18.9. The van der Waals surface area contributed by atoms with Crippen molar-refractivity contribution >= 4 is 24.0 Å². The zero-order valence-electron chi connectivity index (χ0n) is 16.6. The van der Waals surface area contributed by atoms with Crippen molar-refractivity contribution in [2.24, 2.45) is 11.1 Å². The number of rotatable bonds is 3. The molecule has 152 valence electrons. The van der Waals surface area contributed by atoms with Gasteiger partial charge < -0.3 is 20.6 Å². The molecule has 2 aliphatic rings. The highest BCUT2D eigenvalue weighted by Gasteiger charge is 2.38. The van der Waals surface area contributed by atoms with Crippen LogP contribution in [0, 0.1) is 5.41 Å². The fourth-order valence-electron chi connectivity index (χ4n) is 4.07. The summed E-state index contributed by atoms with van der Waals surface area (Å²) in [6.45, 7) is 11.0. The van der Waals surface area contributed by atoms with Gasteiger partial charge in [0.2, 0.25) is 5.91 Å². The lowest BCUT2D eigenvalue weighted by atomic mass is 9.79. The van der Waals surface area contributed by atoms with E-state index >= 15 is 0 Å². The van der Waals surface area contributed by atoms with Crippen molar-refractivity contribution in [2.75, 3.05) is 44.2 Å². The van der Waals surface area contributed by atoms with Gasteiger partial charge in [-0.15, -0.1) is 12.4 Å². The number of anilines is 1. The molecule has 0 saturated carbocycles. The summed E-state index contributed by atoms with van der Waals surface area (Å²) in [4.78, 5) is 19.4. The Balaban J connectivity index is 0.00000261. The van der Waals surface area contributed by atoms with Gasteiger partial charge in [-0.1, -0.05) is 26.0 Å². The molecule has 2 atom stereocenters. The van der Waals surface area contributed by atoms with Gasteiger partial charge in [0.1, 0.15) is 5.75 Å². The van der Waals surface area contributed by atoms with Gasteiger partial charge in [0.05, 0.1) is 11.7 Å². The zero-order valence-corrected chi connectivity index (χ0v) is 17.4. The molecule has 1 aromatic rings. The van der Waals surface area contributed by atoms with E-state index in [1.807, 2.05) is 30.0 Å². The van der Waals surface area contributed by atoms with Gasteiger partial charge in [-0.2, -0.15) is 0 Å². The van der Waals surface area contributed by atoms with Crippen molar-refractivity contribution in [3.8, 4) is 5.75 Å². The van der Waals surface area contributed by atoms with Crippen molar-refractivity contribution in [1.82, 2.24) is 9.80 Å². The maximum Gasteiger partial charge on any atom is 0.239 e. The molecular formula is C20H33ClN4O2. The van der Waals surface area contributed by atoms with Crippen molar-refractivity contribution < 1.29 is 9.90 Å². The predicted octanol–water partition coefficient (Wildman–Crippen LogP) is 1.91. The highest BCUT2D eigenvalue weighted by Crippen LogP contribution is 2.30. The van der Waals surface area contributed by atoms with Crippen LogP contribution in [0.15, 0.2) is 24.3 Å². The average Bonchev–Trinajstić information content (AvgIpc) is 2.63. The summed E-state index contributed by atoms with van der Waals surface area (Å²) in [6, 6.07) is 7.47. The molecule has 2 unspecified atom stereocenters. The van der Waals surface area contributed by atoms with E-state index in [0.29, 0.717) is 18.8 Å². The maximum absolute atomic E-state index is 13.0. The number of para-hydroxylation sites is 2. The first-order valence-electron chi connectivity index (χ1n) is 9.61. The van der Waals surface area contributed by atoms with E-state index < -0.39 is 0 Å². The minimum Gasteiger partial charge on any atom is -0.506 e. The Morgan fingerprint density at radius 2 is 1.81 bits per heavy atom. The molecular weight excluding hydrogens is 364 g/mol. The molecule has 3 N–H and O–H groups in total. The lowest BCUT2D eigenvalue weighted by Crippen LogP contribution is -2.59. The third-order valence-corrected chi connectivity index (χ3v) is 6.06. The van der Waals surface area contributed by atoms with Crippen molar-refractivity contribution in [3.05, 3.63) is 24.3 Å². The van der Waals surface area contributed by atoms with Crippen LogP contribution in [0.2, 0.25) is 0 Å². The number of carbonyl (C=O) groups is 1. The molecule has 2 saturated heterocycles. The number of nitrogens with zero attached hydrogens (tertiary/aromatic N) is 3. The monoisotopic (exact) mass is 396 g/mol. The van der Waals surface area contributed by atoms with Gasteiger partial charge in [-0.25, -0.2) is 0 Å². The van der Waals surface area contributed by atoms with Crippen LogP contribution in [0.3, 0.4) is 0 Å². The van der Waals surface area contributed by atoms with Crippen LogP contribution in [0.1, 0.15) is 27.2 Å². The second-order valence-corrected chi connectivity index (χ2v) is 8.33. The van der Waals surface area contributed by atoms with E-state index in [1.54, 1.807) is 6.07 Å². The average molecular weight is 397 g/mol. The molecule has 0 bridgehead atoms. The van der Waals surface area contributed by atoms with E-state index in [4.69, 9.17) is 5.73 Å². The van der Waals surface area contributed by atoms with Gasteiger partial charge in [0.25, 0.3) is 0 Å². The Labute approximate surface area is 168 Å². The number of likely N-dealkylation sites (tertiary alicyclic amines) is 1. The summed E-state index contributed by atoms with van der Waals surface area (Å²) in [6.07, 6.45) is 0.936. The Hall–Kier alpha value is -1.50. The largest absolute Gasteiger partial charge is 0.506 e. The van der Waals surface area contributed by atoms with Gasteiger partial charge in [-0.05, 0) is 30.9 Å². The summed E-state index contributed by atoms with van der Waals surface area (Å²) in [7, 11) is 0. The lowest BCUT2D eigenvalue weighted by molar-refractivity contribution is -0.138. The Kier molecular flexibility index (Phi) is 7.00. The summed E-state index contributed by atoms with van der Waals surface area (Å²) >= 11 is 0. The molecule has 6 nitrogen and oxygen atoms in total. The van der Waals surface area contributed by atoms with Crippen molar-refractivity contribution in [2.45, 2.75) is 39.3 Å². The number of nitrogens with two attached hydrogens (primary N) is 1. The fraction of sp³-hybridized carbons (Fsp3) is 0.650. The highest BCUT2D eigenvalue weighted by molar-refractivity contribution is 5.85. The number of hydrogen-bond donors (Lipinski definition) is 2. The number of benzene rings is 1. The maximum atomic E-state index is 13.0. The van der Waals surface area contributed by atoms with E-state index in [2.05, 4.69) is 23.6 Å². The van der Waals surface area contributed by atoms with Crippen LogP contribution < -0.4 is 10.6 Å². The van der Waals surface area contributed by atoms with Crippen LogP contribution in [-0.4, -0.2) is 72.2 Å². The molecule has 2 heterocycles. The number of aromatic hydroxyl groups is 1. The Morgan fingerprint density at radius 1 is 1.19 bits per heavy atom. The number of amides is 1. The second kappa shape index (κ2) is 8.67. The number of phenolic OH excluding ortho intramolecular Hbond substituents is 1. The molecule has 3 rings (SSSR count). The van der Waals surface area contributed by atoms with Gasteiger partial charge in [0.15, 0.2) is 0 Å².